The van der Waals surface area contributed by atoms with Crippen LogP contribution in [0.1, 0.15) is 20.8 Å². The molecule has 0 aliphatic heterocycles. The zero-order valence-corrected chi connectivity index (χ0v) is 20.3. The first-order valence-corrected chi connectivity index (χ1v) is 11.7. The Morgan fingerprint density at radius 3 is 1.95 bits per heavy atom. The van der Waals surface area contributed by atoms with Crippen molar-refractivity contribution < 1.29 is 19.1 Å². The molecule has 38 heavy (non-hydrogen) atoms. The fourth-order valence-corrected chi connectivity index (χ4v) is 3.92. The Kier molecular flexibility index (Phi) is 6.81. The third-order valence-electron chi connectivity index (χ3n) is 5.77. The van der Waals surface area contributed by atoms with Crippen LogP contribution in [0.15, 0.2) is 103 Å². The monoisotopic (exact) mass is 505 g/mol. The van der Waals surface area contributed by atoms with E-state index in [1.165, 1.54) is 7.11 Å². The van der Waals surface area contributed by atoms with Crippen LogP contribution in [-0.2, 0) is 4.74 Å². The number of para-hydroxylation sites is 2. The van der Waals surface area contributed by atoms with Gasteiger partial charge in [-0.1, -0.05) is 36.4 Å². The maximum atomic E-state index is 12.8. The van der Waals surface area contributed by atoms with Crippen molar-refractivity contribution in [3.63, 3.8) is 0 Å². The van der Waals surface area contributed by atoms with Crippen LogP contribution in [0.4, 0.5) is 21.9 Å². The molecule has 188 valence electrons. The van der Waals surface area contributed by atoms with Gasteiger partial charge in [0.05, 0.1) is 18.3 Å². The van der Waals surface area contributed by atoms with E-state index in [1.54, 1.807) is 65.3 Å². The van der Waals surface area contributed by atoms with Crippen molar-refractivity contribution in [3.05, 3.63) is 114 Å². The van der Waals surface area contributed by atoms with E-state index >= 15 is 0 Å². The second-order valence-corrected chi connectivity index (χ2v) is 8.29. The maximum absolute atomic E-state index is 12.8. The highest BCUT2D eigenvalue weighted by Gasteiger charge is 2.18. The Bertz CT molecular complexity index is 1610. The Balaban J connectivity index is 1.25. The predicted molar refractivity (Wildman–Crippen MR) is 146 cm³/mol. The van der Waals surface area contributed by atoms with E-state index in [1.807, 2.05) is 42.5 Å². The summed E-state index contributed by atoms with van der Waals surface area (Å²) < 4.78 is 6.52. The normalized spacial score (nSPS) is 10.6. The molecule has 0 aliphatic carbocycles. The fourth-order valence-electron chi connectivity index (χ4n) is 3.92. The number of urea groups is 1. The molecule has 0 bridgehead atoms. The third kappa shape index (κ3) is 5.21. The lowest BCUT2D eigenvalue weighted by atomic mass is 10.2. The number of rotatable bonds is 6. The van der Waals surface area contributed by atoms with Gasteiger partial charge < -0.3 is 20.7 Å². The van der Waals surface area contributed by atoms with Gasteiger partial charge in [-0.3, -0.25) is 4.79 Å². The van der Waals surface area contributed by atoms with Crippen molar-refractivity contribution in [2.24, 2.45) is 0 Å². The zero-order chi connectivity index (χ0) is 26.5. The highest BCUT2D eigenvalue weighted by atomic mass is 16.5. The Morgan fingerprint density at radius 1 is 0.684 bits per heavy atom. The molecular formula is C29H23N5O4. The number of hydrogen-bond acceptors (Lipinski definition) is 5. The number of hydrogen-bond donors (Lipinski definition) is 3. The van der Waals surface area contributed by atoms with Crippen molar-refractivity contribution in [1.82, 2.24) is 9.78 Å². The minimum absolute atomic E-state index is 0.232. The Morgan fingerprint density at radius 2 is 1.26 bits per heavy atom. The number of fused-ring (bicyclic) bond motifs is 1. The maximum Gasteiger partial charge on any atom is 0.359 e. The average molecular weight is 506 g/mol. The van der Waals surface area contributed by atoms with E-state index < -0.39 is 5.97 Å². The van der Waals surface area contributed by atoms with Gasteiger partial charge in [-0.25, -0.2) is 14.3 Å². The molecule has 3 amide bonds. The number of nitrogens with zero attached hydrogens (tertiary/aromatic N) is 2. The zero-order valence-electron chi connectivity index (χ0n) is 20.3. The number of aromatic nitrogens is 2. The van der Waals surface area contributed by atoms with E-state index in [-0.39, 0.29) is 17.6 Å². The first-order chi connectivity index (χ1) is 18.5. The summed E-state index contributed by atoms with van der Waals surface area (Å²) in [6.45, 7) is 0. The largest absolute Gasteiger partial charge is 0.464 e. The van der Waals surface area contributed by atoms with Crippen molar-refractivity contribution in [2.75, 3.05) is 23.1 Å². The van der Waals surface area contributed by atoms with Gasteiger partial charge in [-0.2, -0.15) is 5.10 Å². The van der Waals surface area contributed by atoms with Crippen LogP contribution < -0.4 is 16.0 Å². The first kappa shape index (κ1) is 24.3. The first-order valence-electron chi connectivity index (χ1n) is 11.7. The molecule has 3 N–H and O–H groups in total. The number of anilines is 3. The lowest BCUT2D eigenvalue weighted by Crippen LogP contribution is -2.19. The van der Waals surface area contributed by atoms with Crippen molar-refractivity contribution in [3.8, 4) is 5.69 Å². The van der Waals surface area contributed by atoms with Gasteiger partial charge in [0, 0.05) is 28.0 Å². The standard InChI is InChI=1S/C29H23N5O4/c1-38-28(36)26-24-9-5-6-10-25(24)34(33-26)23-17-15-21(16-18-23)30-27(35)19-11-13-22(14-12-19)32-29(37)31-20-7-3-2-4-8-20/h2-18H,1H3,(H,30,35)(H2,31,32,37). The van der Waals surface area contributed by atoms with Gasteiger partial charge in [0.1, 0.15) is 0 Å². The highest BCUT2D eigenvalue weighted by Crippen LogP contribution is 2.24. The molecule has 1 heterocycles. The number of amides is 3. The molecule has 5 rings (SSSR count). The SMILES string of the molecule is COC(=O)c1nn(-c2ccc(NC(=O)c3ccc(NC(=O)Nc4ccccc4)cc3)cc2)c2ccccc12. The molecule has 0 saturated carbocycles. The van der Waals surface area contributed by atoms with Gasteiger partial charge >= 0.3 is 12.0 Å². The number of ether oxygens (including phenoxy) is 1. The molecule has 9 nitrogen and oxygen atoms in total. The van der Waals surface area contributed by atoms with Gasteiger partial charge in [0.2, 0.25) is 0 Å². The van der Waals surface area contributed by atoms with Crippen molar-refractivity contribution in [2.45, 2.75) is 0 Å². The summed E-state index contributed by atoms with van der Waals surface area (Å²) in [6, 6.07) is 29.8. The van der Waals surface area contributed by atoms with Crippen molar-refractivity contribution in [1.29, 1.82) is 0 Å². The summed E-state index contributed by atoms with van der Waals surface area (Å²) in [7, 11) is 1.32. The summed E-state index contributed by atoms with van der Waals surface area (Å²) >= 11 is 0. The Hall–Kier alpha value is -5.44. The summed E-state index contributed by atoms with van der Waals surface area (Å²) in [5, 5.41) is 13.5. The third-order valence-corrected chi connectivity index (χ3v) is 5.77. The number of methoxy groups -OCH3 is 1. The summed E-state index contributed by atoms with van der Waals surface area (Å²) in [5.74, 6) is -0.808. The van der Waals surface area contributed by atoms with Crippen LogP contribution in [0.3, 0.4) is 0 Å². The molecule has 5 aromatic rings. The van der Waals surface area contributed by atoms with E-state index in [4.69, 9.17) is 4.74 Å². The summed E-state index contributed by atoms with van der Waals surface area (Å²) in [6.07, 6.45) is 0. The molecule has 4 aromatic carbocycles. The van der Waals surface area contributed by atoms with Crippen LogP contribution in [0.25, 0.3) is 16.6 Å². The Labute approximate surface area is 218 Å². The molecule has 0 aliphatic rings. The van der Waals surface area contributed by atoms with Gasteiger partial charge in [0.15, 0.2) is 5.69 Å². The second kappa shape index (κ2) is 10.7. The molecule has 9 heteroatoms. The second-order valence-electron chi connectivity index (χ2n) is 8.29. The highest BCUT2D eigenvalue weighted by molar-refractivity contribution is 6.05. The topological polar surface area (TPSA) is 114 Å². The molecule has 0 atom stereocenters. The summed E-state index contributed by atoms with van der Waals surface area (Å²) in [5.41, 5.74) is 3.97. The smallest absolute Gasteiger partial charge is 0.359 e. The van der Waals surface area contributed by atoms with Gasteiger partial charge in [-0.15, -0.1) is 0 Å². The minimum atomic E-state index is -0.512. The fraction of sp³-hybridized carbons (Fsp3) is 0.0345. The predicted octanol–water partition coefficient (Wildman–Crippen LogP) is 5.71. The number of nitrogens with one attached hydrogen (secondary N) is 3. The van der Waals surface area contributed by atoms with Crippen molar-refractivity contribution >= 4 is 45.9 Å². The number of esters is 1. The number of carbonyl (C=O) groups is 3. The quantitative estimate of drug-likeness (QED) is 0.256. The van der Waals surface area contributed by atoms with Crippen LogP contribution >= 0.6 is 0 Å². The van der Waals surface area contributed by atoms with E-state index in [9.17, 15) is 14.4 Å². The molecule has 0 unspecified atom stereocenters. The van der Waals surface area contributed by atoms with Crippen LogP contribution in [0, 0.1) is 0 Å². The number of carbonyl (C=O) groups excluding carboxylic acids is 3. The molecule has 0 spiro atoms. The molecule has 0 radical (unpaired) electrons. The molecular weight excluding hydrogens is 482 g/mol. The lowest BCUT2D eigenvalue weighted by molar-refractivity contribution is 0.0595. The average Bonchev–Trinajstić information content (AvgIpc) is 3.34. The number of benzene rings is 4. The lowest BCUT2D eigenvalue weighted by Gasteiger charge is -2.09. The van der Waals surface area contributed by atoms with Gasteiger partial charge in [-0.05, 0) is 66.7 Å². The van der Waals surface area contributed by atoms with E-state index in [0.29, 0.717) is 28.0 Å². The molecule has 1 aromatic heterocycles. The van der Waals surface area contributed by atoms with E-state index in [0.717, 1.165) is 11.2 Å². The summed E-state index contributed by atoms with van der Waals surface area (Å²) in [4.78, 5) is 37.1. The molecule has 0 fully saturated rings. The minimum Gasteiger partial charge on any atom is -0.464 e. The van der Waals surface area contributed by atoms with Crippen LogP contribution in [0.2, 0.25) is 0 Å². The molecule has 0 saturated heterocycles. The van der Waals surface area contributed by atoms with Crippen LogP contribution in [-0.4, -0.2) is 34.8 Å². The van der Waals surface area contributed by atoms with Crippen LogP contribution in [0.5, 0.6) is 0 Å². The van der Waals surface area contributed by atoms with Gasteiger partial charge in [0.25, 0.3) is 5.91 Å². The van der Waals surface area contributed by atoms with E-state index in [2.05, 4.69) is 21.0 Å².